The topological polar surface area (TPSA) is 50.7 Å². The standard InChI is InChI=1S/C18H19N3O/c1-3-5-16-17(14-6-4-11-19-12-14)20-21(18(16)22)15-9-7-13(2)8-10-15/h4,6-12,20H,3,5H2,1-2H3. The Morgan fingerprint density at radius 3 is 2.59 bits per heavy atom. The summed E-state index contributed by atoms with van der Waals surface area (Å²) < 4.78 is 1.62. The van der Waals surface area contributed by atoms with Crippen molar-refractivity contribution in [1.29, 1.82) is 0 Å². The van der Waals surface area contributed by atoms with Crippen LogP contribution in [0.3, 0.4) is 0 Å². The first kappa shape index (κ1) is 14.3. The summed E-state index contributed by atoms with van der Waals surface area (Å²) in [5.74, 6) is 0. The molecule has 4 nitrogen and oxygen atoms in total. The average molecular weight is 293 g/mol. The van der Waals surface area contributed by atoms with E-state index < -0.39 is 0 Å². The Kier molecular flexibility index (Phi) is 3.92. The molecule has 2 aromatic heterocycles. The van der Waals surface area contributed by atoms with E-state index in [-0.39, 0.29) is 5.56 Å². The summed E-state index contributed by atoms with van der Waals surface area (Å²) >= 11 is 0. The van der Waals surface area contributed by atoms with Gasteiger partial charge in [-0.2, -0.15) is 0 Å². The molecular formula is C18H19N3O. The van der Waals surface area contributed by atoms with Crippen molar-refractivity contribution in [2.24, 2.45) is 0 Å². The van der Waals surface area contributed by atoms with E-state index in [2.05, 4.69) is 17.0 Å². The third-order valence-electron chi connectivity index (χ3n) is 3.73. The van der Waals surface area contributed by atoms with Gasteiger partial charge >= 0.3 is 0 Å². The van der Waals surface area contributed by atoms with Crippen LogP contribution in [0.1, 0.15) is 24.5 Å². The number of nitrogens with one attached hydrogen (secondary N) is 1. The molecule has 22 heavy (non-hydrogen) atoms. The second kappa shape index (κ2) is 6.02. The smallest absolute Gasteiger partial charge is 0.275 e. The Hall–Kier alpha value is -2.62. The summed E-state index contributed by atoms with van der Waals surface area (Å²) in [5, 5.41) is 3.25. The number of benzene rings is 1. The molecule has 3 aromatic rings. The van der Waals surface area contributed by atoms with E-state index in [1.165, 1.54) is 5.56 Å². The van der Waals surface area contributed by atoms with Gasteiger partial charge in [-0.1, -0.05) is 31.0 Å². The fourth-order valence-electron chi connectivity index (χ4n) is 2.58. The maximum absolute atomic E-state index is 12.7. The van der Waals surface area contributed by atoms with Crippen LogP contribution in [0.15, 0.2) is 53.6 Å². The lowest BCUT2D eigenvalue weighted by molar-refractivity contribution is 0.842. The van der Waals surface area contributed by atoms with E-state index in [4.69, 9.17) is 0 Å². The van der Waals surface area contributed by atoms with Gasteiger partial charge in [-0.3, -0.25) is 14.9 Å². The van der Waals surface area contributed by atoms with Crippen LogP contribution in [0, 0.1) is 6.92 Å². The molecule has 0 atom stereocenters. The van der Waals surface area contributed by atoms with Crippen molar-refractivity contribution in [1.82, 2.24) is 14.8 Å². The Labute approximate surface area is 129 Å². The first-order chi connectivity index (χ1) is 10.7. The molecular weight excluding hydrogens is 274 g/mol. The second-order valence-corrected chi connectivity index (χ2v) is 5.43. The summed E-state index contributed by atoms with van der Waals surface area (Å²) in [7, 11) is 0. The van der Waals surface area contributed by atoms with Gasteiger partial charge in [0.25, 0.3) is 5.56 Å². The highest BCUT2D eigenvalue weighted by Crippen LogP contribution is 2.21. The molecule has 0 unspecified atom stereocenters. The number of aromatic amines is 1. The molecule has 3 rings (SSSR count). The summed E-state index contributed by atoms with van der Waals surface area (Å²) in [6.45, 7) is 4.11. The number of rotatable bonds is 4. The normalized spacial score (nSPS) is 10.8. The molecule has 0 aliphatic heterocycles. The van der Waals surface area contributed by atoms with Crippen molar-refractivity contribution < 1.29 is 0 Å². The number of aryl methyl sites for hydroxylation is 1. The number of hydrogen-bond donors (Lipinski definition) is 1. The van der Waals surface area contributed by atoms with Crippen LogP contribution < -0.4 is 5.56 Å². The summed E-state index contributed by atoms with van der Waals surface area (Å²) in [6, 6.07) is 11.8. The molecule has 0 fully saturated rings. The van der Waals surface area contributed by atoms with Gasteiger partial charge in [0, 0.05) is 23.5 Å². The lowest BCUT2D eigenvalue weighted by Gasteiger charge is -2.02. The Bertz CT molecular complexity index is 814. The Balaban J connectivity index is 2.17. The summed E-state index contributed by atoms with van der Waals surface area (Å²) in [5.41, 5.74) is 4.66. The zero-order chi connectivity index (χ0) is 15.5. The molecule has 2 heterocycles. The zero-order valence-electron chi connectivity index (χ0n) is 12.8. The van der Waals surface area contributed by atoms with Gasteiger partial charge in [-0.05, 0) is 37.6 Å². The zero-order valence-corrected chi connectivity index (χ0v) is 12.8. The monoisotopic (exact) mass is 293 g/mol. The third kappa shape index (κ3) is 2.60. The van der Waals surface area contributed by atoms with E-state index in [1.807, 2.05) is 43.3 Å². The second-order valence-electron chi connectivity index (χ2n) is 5.43. The van der Waals surface area contributed by atoms with Gasteiger partial charge in [0.1, 0.15) is 0 Å². The van der Waals surface area contributed by atoms with Gasteiger partial charge in [0.05, 0.1) is 11.4 Å². The minimum Gasteiger partial charge on any atom is -0.290 e. The lowest BCUT2D eigenvalue weighted by atomic mass is 10.1. The molecule has 0 saturated heterocycles. The number of pyridine rings is 1. The quantitative estimate of drug-likeness (QED) is 0.800. The van der Waals surface area contributed by atoms with Crippen LogP contribution in [-0.2, 0) is 6.42 Å². The predicted molar refractivity (Wildman–Crippen MR) is 88.4 cm³/mol. The van der Waals surface area contributed by atoms with Crippen molar-refractivity contribution in [3.63, 3.8) is 0 Å². The van der Waals surface area contributed by atoms with Gasteiger partial charge in [-0.15, -0.1) is 0 Å². The Morgan fingerprint density at radius 1 is 1.18 bits per heavy atom. The number of H-pyrrole nitrogens is 1. The van der Waals surface area contributed by atoms with Gasteiger partial charge in [0.2, 0.25) is 0 Å². The van der Waals surface area contributed by atoms with Crippen LogP contribution in [0.2, 0.25) is 0 Å². The van der Waals surface area contributed by atoms with Gasteiger partial charge < -0.3 is 0 Å². The Morgan fingerprint density at radius 2 is 1.95 bits per heavy atom. The average Bonchev–Trinajstić information content (AvgIpc) is 2.87. The van der Waals surface area contributed by atoms with Crippen molar-refractivity contribution in [2.45, 2.75) is 26.7 Å². The molecule has 0 radical (unpaired) electrons. The van der Waals surface area contributed by atoms with Crippen LogP contribution in [0.5, 0.6) is 0 Å². The minimum atomic E-state index is 0.0181. The highest BCUT2D eigenvalue weighted by Gasteiger charge is 2.15. The molecule has 0 aliphatic carbocycles. The van der Waals surface area contributed by atoms with E-state index in [0.717, 1.165) is 35.3 Å². The molecule has 4 heteroatoms. The molecule has 0 aliphatic rings. The molecule has 1 N–H and O–H groups in total. The lowest BCUT2D eigenvalue weighted by Crippen LogP contribution is -2.17. The SMILES string of the molecule is CCCc1c(-c2cccnc2)[nH]n(-c2ccc(C)cc2)c1=O. The molecule has 112 valence electrons. The first-order valence-electron chi connectivity index (χ1n) is 7.52. The fourth-order valence-corrected chi connectivity index (χ4v) is 2.58. The van der Waals surface area contributed by atoms with Crippen LogP contribution in [-0.4, -0.2) is 14.8 Å². The number of hydrogen-bond acceptors (Lipinski definition) is 2. The van der Waals surface area contributed by atoms with E-state index in [1.54, 1.807) is 17.1 Å². The van der Waals surface area contributed by atoms with E-state index >= 15 is 0 Å². The highest BCUT2D eigenvalue weighted by atomic mass is 16.1. The van der Waals surface area contributed by atoms with Crippen LogP contribution in [0.4, 0.5) is 0 Å². The van der Waals surface area contributed by atoms with Crippen LogP contribution in [0.25, 0.3) is 16.9 Å². The highest BCUT2D eigenvalue weighted by molar-refractivity contribution is 5.62. The van der Waals surface area contributed by atoms with Crippen molar-refractivity contribution in [2.75, 3.05) is 0 Å². The van der Waals surface area contributed by atoms with Crippen LogP contribution >= 0.6 is 0 Å². The van der Waals surface area contributed by atoms with E-state index in [0.29, 0.717) is 0 Å². The third-order valence-corrected chi connectivity index (χ3v) is 3.73. The van der Waals surface area contributed by atoms with Crippen molar-refractivity contribution in [3.05, 3.63) is 70.3 Å². The molecule has 1 aromatic carbocycles. The first-order valence-corrected chi connectivity index (χ1v) is 7.52. The maximum Gasteiger partial charge on any atom is 0.275 e. The minimum absolute atomic E-state index is 0.0181. The summed E-state index contributed by atoms with van der Waals surface area (Å²) in [6.07, 6.45) is 5.19. The number of aromatic nitrogens is 3. The predicted octanol–water partition coefficient (Wildman–Crippen LogP) is 3.49. The molecule has 0 amide bonds. The number of nitrogens with zero attached hydrogens (tertiary/aromatic N) is 2. The molecule has 0 spiro atoms. The largest absolute Gasteiger partial charge is 0.290 e. The fraction of sp³-hybridized carbons (Fsp3) is 0.222. The van der Waals surface area contributed by atoms with Gasteiger partial charge in [0.15, 0.2) is 0 Å². The van der Waals surface area contributed by atoms with E-state index in [9.17, 15) is 4.79 Å². The van der Waals surface area contributed by atoms with Crippen molar-refractivity contribution >= 4 is 0 Å². The van der Waals surface area contributed by atoms with Crippen molar-refractivity contribution in [3.8, 4) is 16.9 Å². The molecule has 0 bridgehead atoms. The maximum atomic E-state index is 12.7. The summed E-state index contributed by atoms with van der Waals surface area (Å²) in [4.78, 5) is 16.9. The molecule has 0 saturated carbocycles. The van der Waals surface area contributed by atoms with Gasteiger partial charge in [-0.25, -0.2) is 4.68 Å².